The Morgan fingerprint density at radius 1 is 0.906 bits per heavy atom. The average Bonchev–Trinajstić information content (AvgIpc) is 3.73. The van der Waals surface area contributed by atoms with Crippen molar-refractivity contribution in [2.24, 2.45) is 11.8 Å². The number of ketones is 1. The number of thiophene rings is 1. The van der Waals surface area contributed by atoms with Crippen LogP contribution in [0.1, 0.15) is 118 Å². The molecule has 1 N–H and O–H groups in total. The molecule has 3 aromatic carbocycles. The van der Waals surface area contributed by atoms with Crippen LogP contribution in [-0.2, 0) is 46.3 Å². The third kappa shape index (κ3) is 7.50. The fourth-order valence-corrected chi connectivity index (χ4v) is 9.41. The normalized spacial score (nSPS) is 15.3. The van der Waals surface area contributed by atoms with E-state index in [2.05, 4.69) is 102 Å². The first-order chi connectivity index (χ1) is 24.6. The van der Waals surface area contributed by atoms with Crippen LogP contribution in [0.25, 0.3) is 54.2 Å². The van der Waals surface area contributed by atoms with Crippen LogP contribution in [0.15, 0.2) is 65.0 Å². The molecule has 0 unspecified atom stereocenters. The maximum Gasteiger partial charge on any atom is 0.223 e. The molecule has 1 aliphatic rings. The van der Waals surface area contributed by atoms with Gasteiger partial charge in [-0.2, -0.15) is 0 Å². The fourth-order valence-electron chi connectivity index (χ4n) is 7.94. The first-order valence-electron chi connectivity index (χ1n) is 18.8. The fraction of sp³-hybridized carbons (Fsp3) is 0.444. The smallest absolute Gasteiger partial charge is 0.223 e. The van der Waals surface area contributed by atoms with Crippen LogP contribution in [0.3, 0.4) is 0 Å². The number of carbonyl (C=O) groups excluding carboxylic acids is 1. The third-order valence-corrected chi connectivity index (χ3v) is 12.2. The van der Waals surface area contributed by atoms with Gasteiger partial charge < -0.3 is 14.3 Å². The predicted molar refractivity (Wildman–Crippen MR) is 216 cm³/mol. The number of carbonyl (C=O) groups is 1. The van der Waals surface area contributed by atoms with E-state index in [0.717, 1.165) is 63.4 Å². The summed E-state index contributed by atoms with van der Waals surface area (Å²) in [5.74, 6) is 0.547. The Hall–Kier alpha value is -3.42. The van der Waals surface area contributed by atoms with Gasteiger partial charge >= 0.3 is 0 Å². The Bertz CT molecular complexity index is 2320. The van der Waals surface area contributed by atoms with Crippen LogP contribution < -0.4 is 0 Å². The third-order valence-electron chi connectivity index (χ3n) is 10.7. The van der Waals surface area contributed by atoms with Crippen molar-refractivity contribution in [1.29, 1.82) is 0 Å². The summed E-state index contributed by atoms with van der Waals surface area (Å²) >= 11 is 1.77. The quantitative estimate of drug-likeness (QED) is 0.0930. The van der Waals surface area contributed by atoms with E-state index in [1.54, 1.807) is 17.7 Å². The standard InChI is InChI=1S/C32H29N2O2S.C13H24O2.Ir/c1-30(2,3)22-15-18(14-17-10-8-9-11-19(17)22)25-23-20-12-13-21-24-28(32(6,7)36-31(24,4)5)37-27(21)26(20)35-29(23)34-16-33-25;1-5-10(6-2)12(14)9-13(15)11(7-3)8-4;/h8-13,15-16H,1-7H3;9-11,14H,5-8H2,1-4H3;/q-1;;/b;12-9-;. The van der Waals surface area contributed by atoms with Gasteiger partial charge in [-0.05, 0) is 58.8 Å². The van der Waals surface area contributed by atoms with Crippen LogP contribution in [-0.4, -0.2) is 20.9 Å². The second-order valence-corrected chi connectivity index (χ2v) is 17.2. The van der Waals surface area contributed by atoms with E-state index >= 15 is 0 Å². The SMILES string of the molecule is CC(C)(C)c1cc(-c2ncnc3oc4c(ccc5c6c(sc54)C(C)(C)OC6(C)C)c23)[c-]c2ccccc12.CCC(CC)C(=O)/C=C(\O)C(CC)CC.[Ir]. The van der Waals surface area contributed by atoms with Crippen molar-refractivity contribution in [3.63, 3.8) is 0 Å². The number of rotatable bonds is 8. The van der Waals surface area contributed by atoms with E-state index in [1.165, 1.54) is 32.9 Å². The summed E-state index contributed by atoms with van der Waals surface area (Å²) in [6.45, 7) is 23.4. The number of allylic oxidation sites excluding steroid dienone is 2. The van der Waals surface area contributed by atoms with Crippen LogP contribution in [0.2, 0.25) is 0 Å². The summed E-state index contributed by atoms with van der Waals surface area (Å²) in [5, 5.41) is 15.2. The molecule has 53 heavy (non-hydrogen) atoms. The number of nitrogens with zero attached hydrogens (tertiary/aromatic N) is 2. The van der Waals surface area contributed by atoms with E-state index in [9.17, 15) is 9.90 Å². The van der Waals surface area contributed by atoms with Crippen molar-refractivity contribution < 1.29 is 39.2 Å². The largest absolute Gasteiger partial charge is 0.512 e. The van der Waals surface area contributed by atoms with E-state index in [1.807, 2.05) is 27.7 Å². The van der Waals surface area contributed by atoms with Crippen LogP contribution in [0, 0.1) is 17.9 Å². The van der Waals surface area contributed by atoms with E-state index in [4.69, 9.17) is 14.1 Å². The summed E-state index contributed by atoms with van der Waals surface area (Å²) in [6, 6.07) is 18.7. The molecule has 0 saturated carbocycles. The number of aromatic nitrogens is 2. The van der Waals surface area contributed by atoms with Gasteiger partial charge in [-0.3, -0.25) is 9.78 Å². The zero-order valence-corrected chi connectivity index (χ0v) is 36.2. The molecule has 0 atom stereocenters. The topological polar surface area (TPSA) is 85.5 Å². The molecule has 3 aromatic heterocycles. The molecule has 6 nitrogen and oxygen atoms in total. The van der Waals surface area contributed by atoms with Crippen LogP contribution >= 0.6 is 11.3 Å². The number of aliphatic hydroxyl groups excluding tert-OH is 1. The number of ether oxygens (including phenoxy) is 1. The van der Waals surface area contributed by atoms with Gasteiger partial charge in [0.2, 0.25) is 5.71 Å². The molecule has 7 rings (SSSR count). The summed E-state index contributed by atoms with van der Waals surface area (Å²) < 4.78 is 14.1. The summed E-state index contributed by atoms with van der Waals surface area (Å²) in [6.07, 6.45) is 6.51. The van der Waals surface area contributed by atoms with E-state index in [0.29, 0.717) is 5.71 Å². The summed E-state index contributed by atoms with van der Waals surface area (Å²) in [5.41, 5.74) is 5.11. The molecular weight excluding hydrogens is 857 g/mol. The maximum absolute atomic E-state index is 11.7. The average molecular weight is 910 g/mol. The predicted octanol–water partition coefficient (Wildman–Crippen LogP) is 12.9. The number of hydrogen-bond acceptors (Lipinski definition) is 7. The number of benzene rings is 3. The molecule has 0 aliphatic carbocycles. The molecule has 0 spiro atoms. The van der Waals surface area contributed by atoms with Crippen molar-refractivity contribution in [3.05, 3.63) is 82.7 Å². The van der Waals surface area contributed by atoms with Gasteiger partial charge in [-0.15, -0.1) is 40.5 Å². The molecular formula is C45H53IrN2O4S-. The molecule has 0 bridgehead atoms. The zero-order chi connectivity index (χ0) is 37.7. The van der Waals surface area contributed by atoms with Crippen molar-refractivity contribution in [3.8, 4) is 11.3 Å². The van der Waals surface area contributed by atoms with Crippen LogP contribution in [0.5, 0.6) is 0 Å². The molecule has 0 saturated heterocycles. The molecule has 283 valence electrons. The monoisotopic (exact) mass is 910 g/mol. The molecule has 8 heteroatoms. The first kappa shape index (κ1) is 40.8. The van der Waals surface area contributed by atoms with Crippen molar-refractivity contribution in [2.45, 2.75) is 118 Å². The van der Waals surface area contributed by atoms with Gasteiger partial charge in [-0.25, -0.2) is 4.98 Å². The maximum atomic E-state index is 11.7. The summed E-state index contributed by atoms with van der Waals surface area (Å²) in [4.78, 5) is 22.3. The Labute approximate surface area is 331 Å². The van der Waals surface area contributed by atoms with E-state index < -0.39 is 0 Å². The molecule has 1 radical (unpaired) electrons. The van der Waals surface area contributed by atoms with Gasteiger partial charge in [0.15, 0.2) is 11.4 Å². The first-order valence-corrected chi connectivity index (χ1v) is 19.6. The van der Waals surface area contributed by atoms with Crippen LogP contribution in [0.4, 0.5) is 0 Å². The van der Waals surface area contributed by atoms with Gasteiger partial charge in [-0.1, -0.05) is 89.7 Å². The molecule has 6 aromatic rings. The van der Waals surface area contributed by atoms with Gasteiger partial charge in [0.05, 0.1) is 21.7 Å². The zero-order valence-electron chi connectivity index (χ0n) is 33.0. The Morgan fingerprint density at radius 2 is 1.55 bits per heavy atom. The van der Waals surface area contributed by atoms with Crippen molar-refractivity contribution in [1.82, 2.24) is 9.97 Å². The van der Waals surface area contributed by atoms with E-state index in [-0.39, 0.29) is 60.1 Å². The molecule has 1 aliphatic heterocycles. The minimum Gasteiger partial charge on any atom is -0.512 e. The minimum absolute atomic E-state index is 0. The molecule has 0 amide bonds. The molecule has 4 heterocycles. The number of fused-ring (bicyclic) bond motifs is 8. The summed E-state index contributed by atoms with van der Waals surface area (Å²) in [7, 11) is 0. The van der Waals surface area contributed by atoms with Gasteiger partial charge in [0, 0.05) is 70.3 Å². The Balaban J connectivity index is 0.000000290. The van der Waals surface area contributed by atoms with Crippen molar-refractivity contribution in [2.75, 3.05) is 0 Å². The molecule has 0 fully saturated rings. The Kier molecular flexibility index (Phi) is 11.8. The van der Waals surface area contributed by atoms with Crippen molar-refractivity contribution >= 4 is 60.0 Å². The Morgan fingerprint density at radius 3 is 2.19 bits per heavy atom. The second-order valence-electron chi connectivity index (χ2n) is 16.1. The number of hydrogen-bond donors (Lipinski definition) is 1. The van der Waals surface area contributed by atoms with Gasteiger partial charge in [0.25, 0.3) is 0 Å². The number of furan rings is 1. The second kappa shape index (κ2) is 15.4. The van der Waals surface area contributed by atoms with Gasteiger partial charge in [0.1, 0.15) is 6.33 Å². The minimum atomic E-state index is -0.356. The number of aliphatic hydroxyl groups is 1.